The number of carboxylic acids is 1. The van der Waals surface area contributed by atoms with Crippen LogP contribution in [-0.4, -0.2) is 72.9 Å². The molecule has 3 rings (SSSR count). The third-order valence-corrected chi connectivity index (χ3v) is 7.79. The van der Waals surface area contributed by atoms with Crippen molar-refractivity contribution in [1.82, 2.24) is 14.5 Å². The maximum Gasteiger partial charge on any atom is 0.414 e. The Balaban J connectivity index is 2.03. The van der Waals surface area contributed by atoms with Crippen molar-refractivity contribution in [3.63, 3.8) is 0 Å². The highest BCUT2D eigenvalue weighted by atomic mass is 32.2. The molecule has 1 heterocycles. The molecule has 0 spiro atoms. The van der Waals surface area contributed by atoms with E-state index in [0.29, 0.717) is 29.3 Å². The zero-order chi connectivity index (χ0) is 26.7. The van der Waals surface area contributed by atoms with Crippen LogP contribution in [0.25, 0.3) is 0 Å². The summed E-state index contributed by atoms with van der Waals surface area (Å²) in [6.07, 6.45) is -0.0130. The third kappa shape index (κ3) is 5.65. The number of hydrogen-bond acceptors (Lipinski definition) is 7. The summed E-state index contributed by atoms with van der Waals surface area (Å²) >= 11 is 0. The van der Waals surface area contributed by atoms with Crippen LogP contribution in [0.4, 0.5) is 9.18 Å². The van der Waals surface area contributed by atoms with Gasteiger partial charge in [0.2, 0.25) is 0 Å². The minimum absolute atomic E-state index is 0.205. The SMILES string of the molecule is CN(C)C(=O)Oc1ccc(C[C@@](C)(C(=O)O)N(C(=O)[C@@H]2CCCN2)S(=O)(=O)c2ccc(F)cc2)cc1. The average Bonchev–Trinajstić information content (AvgIpc) is 3.35. The van der Waals surface area contributed by atoms with Crippen LogP contribution in [0.3, 0.4) is 0 Å². The summed E-state index contributed by atoms with van der Waals surface area (Å²) in [7, 11) is -1.66. The van der Waals surface area contributed by atoms with Crippen molar-refractivity contribution in [2.45, 2.75) is 42.7 Å². The number of aliphatic carboxylic acids is 1. The van der Waals surface area contributed by atoms with Crippen molar-refractivity contribution in [3.8, 4) is 5.75 Å². The number of carbonyl (C=O) groups excluding carboxylic acids is 2. The Morgan fingerprint density at radius 2 is 1.72 bits per heavy atom. The Hall–Kier alpha value is -3.51. The zero-order valence-electron chi connectivity index (χ0n) is 20.1. The highest BCUT2D eigenvalue weighted by Crippen LogP contribution is 2.31. The predicted octanol–water partition coefficient (Wildman–Crippen LogP) is 2.24. The fourth-order valence-corrected chi connectivity index (χ4v) is 5.60. The number of nitrogens with one attached hydrogen (secondary N) is 1. The topological polar surface area (TPSA) is 133 Å². The summed E-state index contributed by atoms with van der Waals surface area (Å²) < 4.78 is 46.3. The average molecular weight is 522 g/mol. The Morgan fingerprint density at radius 3 is 2.22 bits per heavy atom. The first-order valence-electron chi connectivity index (χ1n) is 11.2. The molecule has 10 nitrogen and oxygen atoms in total. The van der Waals surface area contributed by atoms with Gasteiger partial charge in [-0.05, 0) is 68.3 Å². The van der Waals surface area contributed by atoms with Crippen molar-refractivity contribution >= 4 is 28.0 Å². The van der Waals surface area contributed by atoms with E-state index in [1.54, 1.807) is 0 Å². The fourth-order valence-electron chi connectivity index (χ4n) is 3.87. The van der Waals surface area contributed by atoms with Crippen molar-refractivity contribution in [2.75, 3.05) is 20.6 Å². The number of ether oxygens (including phenoxy) is 1. The Kier molecular flexibility index (Phi) is 7.99. The van der Waals surface area contributed by atoms with Crippen molar-refractivity contribution in [3.05, 3.63) is 59.9 Å². The minimum Gasteiger partial charge on any atom is -0.479 e. The first-order chi connectivity index (χ1) is 16.9. The summed E-state index contributed by atoms with van der Waals surface area (Å²) in [5.41, 5.74) is -1.84. The van der Waals surface area contributed by atoms with Gasteiger partial charge in [-0.2, -0.15) is 0 Å². The van der Waals surface area contributed by atoms with Gasteiger partial charge in [0, 0.05) is 20.5 Å². The first-order valence-corrected chi connectivity index (χ1v) is 12.6. The van der Waals surface area contributed by atoms with Crippen LogP contribution in [0.1, 0.15) is 25.3 Å². The molecule has 36 heavy (non-hydrogen) atoms. The van der Waals surface area contributed by atoms with E-state index in [2.05, 4.69) is 5.32 Å². The normalized spacial score (nSPS) is 17.2. The molecule has 0 saturated carbocycles. The summed E-state index contributed by atoms with van der Waals surface area (Å²) in [5, 5.41) is 13.1. The molecule has 0 aliphatic carbocycles. The van der Waals surface area contributed by atoms with E-state index in [1.807, 2.05) is 0 Å². The molecule has 2 aromatic rings. The number of nitrogens with zero attached hydrogens (tertiary/aromatic N) is 2. The second-order valence-corrected chi connectivity index (χ2v) is 10.7. The number of hydrogen-bond donors (Lipinski definition) is 2. The van der Waals surface area contributed by atoms with Gasteiger partial charge in [-0.1, -0.05) is 12.1 Å². The molecule has 0 aromatic heterocycles. The van der Waals surface area contributed by atoms with E-state index in [4.69, 9.17) is 4.74 Å². The van der Waals surface area contributed by atoms with Gasteiger partial charge in [0.1, 0.15) is 11.6 Å². The van der Waals surface area contributed by atoms with Crippen LogP contribution >= 0.6 is 0 Å². The third-order valence-electron chi connectivity index (χ3n) is 5.86. The summed E-state index contributed by atoms with van der Waals surface area (Å²) in [6, 6.07) is 8.81. The largest absolute Gasteiger partial charge is 0.479 e. The molecule has 0 unspecified atom stereocenters. The maximum absolute atomic E-state index is 13.7. The van der Waals surface area contributed by atoms with E-state index in [9.17, 15) is 32.3 Å². The van der Waals surface area contributed by atoms with Gasteiger partial charge in [0.15, 0.2) is 5.54 Å². The number of halogens is 1. The number of carboxylic acid groups (broad SMARTS) is 1. The Labute approximate surface area is 208 Å². The highest BCUT2D eigenvalue weighted by molar-refractivity contribution is 7.89. The van der Waals surface area contributed by atoms with Crippen LogP contribution in [0.5, 0.6) is 5.75 Å². The molecule has 2 N–H and O–H groups in total. The quantitative estimate of drug-likeness (QED) is 0.540. The second-order valence-electron chi connectivity index (χ2n) is 8.87. The Bertz CT molecular complexity index is 1230. The zero-order valence-corrected chi connectivity index (χ0v) is 20.9. The summed E-state index contributed by atoms with van der Waals surface area (Å²) in [5.74, 6) is -2.92. The van der Waals surface area contributed by atoms with Crippen molar-refractivity contribution < 1.29 is 37.0 Å². The number of amides is 2. The molecular weight excluding hydrogens is 493 g/mol. The second kappa shape index (κ2) is 10.6. The van der Waals surface area contributed by atoms with Gasteiger partial charge in [0.05, 0.1) is 10.9 Å². The van der Waals surface area contributed by atoms with Gasteiger partial charge >= 0.3 is 12.1 Å². The summed E-state index contributed by atoms with van der Waals surface area (Å²) in [4.78, 5) is 38.7. The molecular formula is C24H28FN3O7S. The van der Waals surface area contributed by atoms with E-state index >= 15 is 0 Å². The van der Waals surface area contributed by atoms with E-state index in [1.165, 1.54) is 43.3 Å². The molecule has 1 aliphatic heterocycles. The lowest BCUT2D eigenvalue weighted by molar-refractivity contribution is -0.153. The molecule has 2 aromatic carbocycles. The molecule has 1 fully saturated rings. The molecule has 2 atom stereocenters. The van der Waals surface area contributed by atoms with Gasteiger partial charge in [-0.3, -0.25) is 4.79 Å². The monoisotopic (exact) mass is 521 g/mol. The first kappa shape index (κ1) is 27.1. The number of rotatable bonds is 8. The standard InChI is InChI=1S/C24H28FN3O7S/c1-24(22(30)31,15-16-6-10-18(11-7-16)35-23(32)27(2)3)28(21(29)20-5-4-14-26-20)36(33,34)19-12-8-17(25)9-13-19/h6-13,20,26H,4-5,14-15H2,1-3H3,(H,30,31)/t20-,24-/m0/s1. The Morgan fingerprint density at radius 1 is 1.11 bits per heavy atom. The number of sulfonamides is 1. The number of benzene rings is 2. The molecule has 0 radical (unpaired) electrons. The highest BCUT2D eigenvalue weighted by Gasteiger charge is 2.51. The van der Waals surface area contributed by atoms with Crippen LogP contribution in [-0.2, 0) is 26.0 Å². The van der Waals surface area contributed by atoms with Crippen LogP contribution in [0, 0.1) is 5.82 Å². The summed E-state index contributed by atoms with van der Waals surface area (Å²) in [6.45, 7) is 1.64. The fraction of sp³-hybridized carbons (Fsp3) is 0.375. The lowest BCUT2D eigenvalue weighted by Gasteiger charge is -2.38. The van der Waals surface area contributed by atoms with Crippen molar-refractivity contribution in [1.29, 1.82) is 0 Å². The van der Waals surface area contributed by atoms with Crippen LogP contribution in [0.15, 0.2) is 53.4 Å². The van der Waals surface area contributed by atoms with Crippen molar-refractivity contribution in [2.24, 2.45) is 0 Å². The molecule has 12 heteroatoms. The molecule has 0 bridgehead atoms. The van der Waals surface area contributed by atoms with Gasteiger partial charge in [0.25, 0.3) is 15.9 Å². The lowest BCUT2D eigenvalue weighted by atomic mass is 9.92. The van der Waals surface area contributed by atoms with Gasteiger partial charge < -0.3 is 20.1 Å². The molecule has 1 saturated heterocycles. The lowest BCUT2D eigenvalue weighted by Crippen LogP contribution is -2.61. The van der Waals surface area contributed by atoms with Crippen LogP contribution < -0.4 is 10.1 Å². The maximum atomic E-state index is 13.7. The smallest absolute Gasteiger partial charge is 0.414 e. The predicted molar refractivity (Wildman–Crippen MR) is 127 cm³/mol. The van der Waals surface area contributed by atoms with Gasteiger partial charge in [-0.15, -0.1) is 0 Å². The van der Waals surface area contributed by atoms with E-state index in [-0.39, 0.29) is 12.2 Å². The van der Waals surface area contributed by atoms with Crippen LogP contribution in [0.2, 0.25) is 0 Å². The molecule has 2 amide bonds. The van der Waals surface area contributed by atoms with E-state index < -0.39 is 50.3 Å². The molecule has 194 valence electrons. The number of carbonyl (C=O) groups is 3. The minimum atomic E-state index is -4.69. The molecule has 1 aliphatic rings. The van der Waals surface area contributed by atoms with Gasteiger partial charge in [-0.25, -0.2) is 26.7 Å². The van der Waals surface area contributed by atoms with E-state index in [0.717, 1.165) is 31.2 Å².